The van der Waals surface area contributed by atoms with Crippen molar-refractivity contribution in [1.29, 1.82) is 0 Å². The third-order valence-corrected chi connectivity index (χ3v) is 3.69. The number of carbonyl (C=O) groups is 1. The van der Waals surface area contributed by atoms with E-state index in [4.69, 9.17) is 4.74 Å². The number of carbonyl (C=O) groups excluding carboxylic acids is 1. The van der Waals surface area contributed by atoms with Crippen LogP contribution in [-0.4, -0.2) is 12.0 Å². The normalized spacial score (nSPS) is 11.9. The summed E-state index contributed by atoms with van der Waals surface area (Å²) in [6.45, 7) is 5.54. The molecule has 0 fully saturated rings. The number of ether oxygens (including phenoxy) is 1. The molecule has 0 radical (unpaired) electrons. The highest BCUT2D eigenvalue weighted by atomic mass is 79.9. The number of anilines is 1. The number of nitrogens with one attached hydrogen (secondary N) is 1. The van der Waals surface area contributed by atoms with Crippen LogP contribution < -0.4 is 10.1 Å². The molecule has 5 heteroatoms. The Morgan fingerprint density at radius 1 is 1.23 bits per heavy atom. The minimum Gasteiger partial charge on any atom is -0.481 e. The number of aryl methyl sites for hydroxylation is 2. The van der Waals surface area contributed by atoms with Crippen LogP contribution in [0.3, 0.4) is 0 Å². The van der Waals surface area contributed by atoms with Crippen molar-refractivity contribution in [3.63, 3.8) is 0 Å². The summed E-state index contributed by atoms with van der Waals surface area (Å²) in [6.07, 6.45) is -0.732. The first-order valence-electron chi connectivity index (χ1n) is 6.86. The number of halogens is 2. The van der Waals surface area contributed by atoms with Crippen molar-refractivity contribution in [3.05, 3.63) is 57.8 Å². The lowest BCUT2D eigenvalue weighted by Gasteiger charge is -2.17. The molecule has 1 unspecified atom stereocenters. The standard InChI is InChI=1S/C17H17BrFNO2/c1-10-4-7-16(11(2)8-10)22-12(3)17(21)20-15-6-5-13(18)9-14(15)19/h4-9,12H,1-3H3,(H,20,21). The van der Waals surface area contributed by atoms with E-state index in [1.807, 2.05) is 32.0 Å². The minimum absolute atomic E-state index is 0.129. The van der Waals surface area contributed by atoms with Gasteiger partial charge in [0.1, 0.15) is 11.6 Å². The molecule has 2 rings (SSSR count). The van der Waals surface area contributed by atoms with Gasteiger partial charge in [0.2, 0.25) is 0 Å². The van der Waals surface area contributed by atoms with Crippen molar-refractivity contribution < 1.29 is 13.9 Å². The van der Waals surface area contributed by atoms with Gasteiger partial charge in [-0.2, -0.15) is 0 Å². The van der Waals surface area contributed by atoms with Crippen molar-refractivity contribution in [2.75, 3.05) is 5.32 Å². The summed E-state index contributed by atoms with van der Waals surface area (Å²) < 4.78 is 20.0. The molecule has 0 bridgehead atoms. The van der Waals surface area contributed by atoms with Crippen molar-refractivity contribution in [2.45, 2.75) is 26.9 Å². The molecule has 0 saturated carbocycles. The summed E-state index contributed by atoms with van der Waals surface area (Å²) in [5.41, 5.74) is 2.21. The number of rotatable bonds is 4. The second-order valence-electron chi connectivity index (χ2n) is 5.14. The SMILES string of the molecule is Cc1ccc(OC(C)C(=O)Nc2ccc(Br)cc2F)c(C)c1. The van der Waals surface area contributed by atoms with Gasteiger partial charge in [0.25, 0.3) is 5.91 Å². The molecule has 22 heavy (non-hydrogen) atoms. The monoisotopic (exact) mass is 365 g/mol. The number of benzene rings is 2. The van der Waals surface area contributed by atoms with Crippen LogP contribution in [0.25, 0.3) is 0 Å². The van der Waals surface area contributed by atoms with E-state index in [1.165, 1.54) is 12.1 Å². The second-order valence-corrected chi connectivity index (χ2v) is 6.06. The topological polar surface area (TPSA) is 38.3 Å². The van der Waals surface area contributed by atoms with E-state index in [9.17, 15) is 9.18 Å². The van der Waals surface area contributed by atoms with Gasteiger partial charge >= 0.3 is 0 Å². The summed E-state index contributed by atoms with van der Waals surface area (Å²) in [5.74, 6) is -0.257. The van der Waals surface area contributed by atoms with Gasteiger partial charge < -0.3 is 10.1 Å². The van der Waals surface area contributed by atoms with Gasteiger partial charge in [-0.3, -0.25) is 4.79 Å². The zero-order chi connectivity index (χ0) is 16.3. The average molecular weight is 366 g/mol. The van der Waals surface area contributed by atoms with Crippen molar-refractivity contribution in [2.24, 2.45) is 0 Å². The van der Waals surface area contributed by atoms with E-state index in [-0.39, 0.29) is 5.69 Å². The molecule has 3 nitrogen and oxygen atoms in total. The molecule has 0 aliphatic heterocycles. The van der Waals surface area contributed by atoms with Gasteiger partial charge in [-0.1, -0.05) is 33.6 Å². The summed E-state index contributed by atoms with van der Waals surface area (Å²) in [5, 5.41) is 2.53. The largest absolute Gasteiger partial charge is 0.481 e. The van der Waals surface area contributed by atoms with E-state index in [1.54, 1.807) is 13.0 Å². The number of hydrogen-bond donors (Lipinski definition) is 1. The Balaban J connectivity index is 2.05. The van der Waals surface area contributed by atoms with E-state index >= 15 is 0 Å². The van der Waals surface area contributed by atoms with E-state index in [2.05, 4.69) is 21.2 Å². The van der Waals surface area contributed by atoms with Crippen molar-refractivity contribution in [1.82, 2.24) is 0 Å². The highest BCUT2D eigenvalue weighted by Crippen LogP contribution is 2.22. The lowest BCUT2D eigenvalue weighted by Crippen LogP contribution is -2.30. The van der Waals surface area contributed by atoms with Crippen molar-refractivity contribution in [3.8, 4) is 5.75 Å². The fourth-order valence-electron chi connectivity index (χ4n) is 2.00. The Bertz CT molecular complexity index is 703. The van der Waals surface area contributed by atoms with Gasteiger partial charge in [-0.25, -0.2) is 4.39 Å². The maximum Gasteiger partial charge on any atom is 0.265 e. The predicted molar refractivity (Wildman–Crippen MR) is 88.7 cm³/mol. The molecule has 1 amide bonds. The van der Waals surface area contributed by atoms with Crippen molar-refractivity contribution >= 4 is 27.5 Å². The van der Waals surface area contributed by atoms with Gasteiger partial charge in [-0.05, 0) is 50.6 Å². The quantitative estimate of drug-likeness (QED) is 0.858. The maximum atomic E-state index is 13.7. The zero-order valence-electron chi connectivity index (χ0n) is 12.6. The fourth-order valence-corrected chi connectivity index (χ4v) is 2.33. The number of amides is 1. The van der Waals surface area contributed by atoms with Crippen LogP contribution in [0, 0.1) is 19.7 Å². The van der Waals surface area contributed by atoms with Crippen LogP contribution in [-0.2, 0) is 4.79 Å². The third kappa shape index (κ3) is 4.07. The first kappa shape index (κ1) is 16.5. The summed E-state index contributed by atoms with van der Waals surface area (Å²) in [4.78, 5) is 12.1. The highest BCUT2D eigenvalue weighted by molar-refractivity contribution is 9.10. The van der Waals surface area contributed by atoms with Crippen LogP contribution in [0.5, 0.6) is 5.75 Å². The molecule has 0 aromatic heterocycles. The summed E-state index contributed by atoms with van der Waals surface area (Å²) >= 11 is 3.17. The van der Waals surface area contributed by atoms with Gasteiger partial charge in [0.15, 0.2) is 6.10 Å². The first-order valence-corrected chi connectivity index (χ1v) is 7.66. The average Bonchev–Trinajstić information content (AvgIpc) is 2.44. The molecular weight excluding hydrogens is 349 g/mol. The highest BCUT2D eigenvalue weighted by Gasteiger charge is 2.17. The van der Waals surface area contributed by atoms with Crippen LogP contribution in [0.1, 0.15) is 18.1 Å². The minimum atomic E-state index is -0.732. The molecule has 0 spiro atoms. The molecular formula is C17H17BrFNO2. The lowest BCUT2D eigenvalue weighted by atomic mass is 10.1. The lowest BCUT2D eigenvalue weighted by molar-refractivity contribution is -0.122. The van der Waals surface area contributed by atoms with Crippen LogP contribution >= 0.6 is 15.9 Å². The summed E-state index contributed by atoms with van der Waals surface area (Å²) in [7, 11) is 0. The maximum absolute atomic E-state index is 13.7. The Kier molecular flexibility index (Phi) is 5.19. The van der Waals surface area contributed by atoms with E-state index < -0.39 is 17.8 Å². The molecule has 0 saturated heterocycles. The number of hydrogen-bond acceptors (Lipinski definition) is 2. The van der Waals surface area contributed by atoms with Gasteiger partial charge in [0.05, 0.1) is 5.69 Å². The van der Waals surface area contributed by atoms with Gasteiger partial charge in [0, 0.05) is 4.47 Å². The molecule has 1 N–H and O–H groups in total. The van der Waals surface area contributed by atoms with Crippen LogP contribution in [0.4, 0.5) is 10.1 Å². The van der Waals surface area contributed by atoms with Crippen LogP contribution in [0.2, 0.25) is 0 Å². The van der Waals surface area contributed by atoms with Gasteiger partial charge in [-0.15, -0.1) is 0 Å². The smallest absolute Gasteiger partial charge is 0.265 e. The summed E-state index contributed by atoms with van der Waals surface area (Å²) in [6, 6.07) is 10.2. The molecule has 2 aromatic rings. The zero-order valence-corrected chi connectivity index (χ0v) is 14.2. The molecule has 0 aliphatic carbocycles. The first-order chi connectivity index (χ1) is 10.4. The molecule has 2 aromatic carbocycles. The molecule has 0 aliphatic rings. The second kappa shape index (κ2) is 6.92. The Morgan fingerprint density at radius 3 is 2.59 bits per heavy atom. The van der Waals surface area contributed by atoms with E-state index in [0.29, 0.717) is 10.2 Å². The molecule has 0 heterocycles. The molecule has 116 valence electrons. The predicted octanol–water partition coefficient (Wildman–Crippen LogP) is 4.61. The third-order valence-electron chi connectivity index (χ3n) is 3.19. The fraction of sp³-hybridized carbons (Fsp3) is 0.235. The van der Waals surface area contributed by atoms with Crippen LogP contribution in [0.15, 0.2) is 40.9 Å². The molecule has 1 atom stereocenters. The van der Waals surface area contributed by atoms with E-state index in [0.717, 1.165) is 11.1 Å². The Hall–Kier alpha value is -1.88. The Morgan fingerprint density at radius 2 is 1.95 bits per heavy atom. The Labute approximate surface area is 137 Å².